The molecule has 0 heterocycles. The summed E-state index contributed by atoms with van der Waals surface area (Å²) in [7, 11) is 0. The van der Waals surface area contributed by atoms with Crippen molar-refractivity contribution < 1.29 is 0 Å². The SMILES string of the molecule is N#C[C@]1(N)CC[C@@H]2Cc3ccccc3CC2C1. The van der Waals surface area contributed by atoms with E-state index in [1.165, 1.54) is 17.5 Å². The molecule has 2 N–H and O–H groups in total. The van der Waals surface area contributed by atoms with Crippen LogP contribution in [0.15, 0.2) is 24.3 Å². The van der Waals surface area contributed by atoms with E-state index in [1.807, 2.05) is 0 Å². The molecule has 0 aliphatic heterocycles. The molecule has 1 aromatic carbocycles. The van der Waals surface area contributed by atoms with Crippen LogP contribution in [0.3, 0.4) is 0 Å². The van der Waals surface area contributed by atoms with E-state index in [0.29, 0.717) is 5.92 Å². The van der Waals surface area contributed by atoms with Crippen LogP contribution in [0.2, 0.25) is 0 Å². The summed E-state index contributed by atoms with van der Waals surface area (Å²) in [5.41, 5.74) is 8.54. The summed E-state index contributed by atoms with van der Waals surface area (Å²) in [6.45, 7) is 0. The molecule has 0 radical (unpaired) electrons. The van der Waals surface area contributed by atoms with Gasteiger partial charge in [-0.25, -0.2) is 0 Å². The molecule has 88 valence electrons. The number of nitrogens with two attached hydrogens (primary N) is 1. The van der Waals surface area contributed by atoms with E-state index in [0.717, 1.165) is 31.6 Å². The molecule has 2 heteroatoms. The average Bonchev–Trinajstić information content (AvgIpc) is 2.36. The molecule has 0 aromatic heterocycles. The van der Waals surface area contributed by atoms with Gasteiger partial charge in [0.05, 0.1) is 6.07 Å². The average molecular weight is 226 g/mol. The van der Waals surface area contributed by atoms with Crippen molar-refractivity contribution in [3.05, 3.63) is 35.4 Å². The smallest absolute Gasteiger partial charge is 0.104 e. The van der Waals surface area contributed by atoms with Crippen molar-refractivity contribution in [1.29, 1.82) is 5.26 Å². The summed E-state index contributed by atoms with van der Waals surface area (Å²) < 4.78 is 0. The number of benzene rings is 1. The summed E-state index contributed by atoms with van der Waals surface area (Å²) in [4.78, 5) is 0. The number of hydrogen-bond acceptors (Lipinski definition) is 2. The van der Waals surface area contributed by atoms with E-state index in [2.05, 4.69) is 30.3 Å². The Morgan fingerprint density at radius 3 is 2.47 bits per heavy atom. The van der Waals surface area contributed by atoms with E-state index in [9.17, 15) is 0 Å². The second-order valence-corrected chi connectivity index (χ2v) is 5.71. The number of rotatable bonds is 0. The monoisotopic (exact) mass is 226 g/mol. The Labute approximate surface area is 102 Å². The maximum atomic E-state index is 9.16. The lowest BCUT2D eigenvalue weighted by Gasteiger charge is -2.42. The van der Waals surface area contributed by atoms with Gasteiger partial charge in [-0.15, -0.1) is 0 Å². The van der Waals surface area contributed by atoms with Crippen LogP contribution in [-0.2, 0) is 12.8 Å². The van der Waals surface area contributed by atoms with Crippen LogP contribution >= 0.6 is 0 Å². The van der Waals surface area contributed by atoms with Crippen LogP contribution in [-0.4, -0.2) is 5.54 Å². The molecular weight excluding hydrogens is 208 g/mol. The highest BCUT2D eigenvalue weighted by atomic mass is 14.8. The molecule has 3 rings (SSSR count). The molecule has 1 saturated carbocycles. The fourth-order valence-electron chi connectivity index (χ4n) is 3.55. The minimum atomic E-state index is -0.562. The molecule has 2 aliphatic carbocycles. The molecule has 0 bridgehead atoms. The van der Waals surface area contributed by atoms with Crippen molar-refractivity contribution in [1.82, 2.24) is 0 Å². The van der Waals surface area contributed by atoms with Gasteiger partial charge in [0.1, 0.15) is 5.54 Å². The Morgan fingerprint density at radius 1 is 1.18 bits per heavy atom. The maximum absolute atomic E-state index is 9.16. The first-order chi connectivity index (χ1) is 8.20. The molecular formula is C15H18N2. The minimum Gasteiger partial charge on any atom is -0.313 e. The molecule has 0 spiro atoms. The van der Waals surface area contributed by atoms with Gasteiger partial charge in [-0.1, -0.05) is 24.3 Å². The Kier molecular flexibility index (Phi) is 2.45. The zero-order valence-electron chi connectivity index (χ0n) is 10.0. The summed E-state index contributed by atoms with van der Waals surface area (Å²) >= 11 is 0. The lowest BCUT2D eigenvalue weighted by Crippen LogP contribution is -2.47. The third kappa shape index (κ3) is 1.85. The van der Waals surface area contributed by atoms with Crippen molar-refractivity contribution >= 4 is 0 Å². The predicted octanol–water partition coefficient (Wildman–Crippen LogP) is 2.42. The van der Waals surface area contributed by atoms with Gasteiger partial charge in [-0.3, -0.25) is 0 Å². The maximum Gasteiger partial charge on any atom is 0.104 e. The fraction of sp³-hybridized carbons (Fsp3) is 0.533. The van der Waals surface area contributed by atoms with Gasteiger partial charge in [-0.05, 0) is 55.1 Å². The molecule has 0 saturated heterocycles. The lowest BCUT2D eigenvalue weighted by atomic mass is 9.64. The van der Waals surface area contributed by atoms with Gasteiger partial charge in [0.2, 0.25) is 0 Å². The lowest BCUT2D eigenvalue weighted by molar-refractivity contribution is 0.172. The second-order valence-electron chi connectivity index (χ2n) is 5.71. The Balaban J connectivity index is 1.86. The van der Waals surface area contributed by atoms with Crippen molar-refractivity contribution in [2.75, 3.05) is 0 Å². The molecule has 17 heavy (non-hydrogen) atoms. The molecule has 1 aromatic rings. The third-order valence-corrected chi connectivity index (χ3v) is 4.56. The highest BCUT2D eigenvalue weighted by Gasteiger charge is 2.40. The first-order valence-electron chi connectivity index (χ1n) is 6.47. The quantitative estimate of drug-likeness (QED) is 0.738. The largest absolute Gasteiger partial charge is 0.313 e. The van der Waals surface area contributed by atoms with Gasteiger partial charge in [0.25, 0.3) is 0 Å². The van der Waals surface area contributed by atoms with Crippen molar-refractivity contribution in [2.24, 2.45) is 17.6 Å². The number of fused-ring (bicyclic) bond motifs is 2. The van der Waals surface area contributed by atoms with E-state index in [1.54, 1.807) is 0 Å². The predicted molar refractivity (Wildman–Crippen MR) is 67.2 cm³/mol. The summed E-state index contributed by atoms with van der Waals surface area (Å²) in [6.07, 6.45) is 5.15. The number of nitrogens with zero attached hydrogens (tertiary/aromatic N) is 1. The summed E-state index contributed by atoms with van der Waals surface area (Å²) in [6, 6.07) is 11.0. The molecule has 1 unspecified atom stereocenters. The van der Waals surface area contributed by atoms with Gasteiger partial charge < -0.3 is 5.73 Å². The molecule has 2 nitrogen and oxygen atoms in total. The van der Waals surface area contributed by atoms with Crippen molar-refractivity contribution in [3.8, 4) is 6.07 Å². The first-order valence-corrected chi connectivity index (χ1v) is 6.47. The Hall–Kier alpha value is -1.33. The van der Waals surface area contributed by atoms with Gasteiger partial charge in [0.15, 0.2) is 0 Å². The molecule has 1 fully saturated rings. The normalized spacial score (nSPS) is 35.5. The van der Waals surface area contributed by atoms with Crippen LogP contribution in [0.4, 0.5) is 0 Å². The first kappa shape index (κ1) is 10.8. The van der Waals surface area contributed by atoms with Crippen LogP contribution in [0.1, 0.15) is 30.4 Å². The molecule has 2 aliphatic rings. The zero-order valence-corrected chi connectivity index (χ0v) is 10.0. The van der Waals surface area contributed by atoms with Crippen LogP contribution in [0, 0.1) is 23.2 Å². The fourth-order valence-corrected chi connectivity index (χ4v) is 3.55. The van der Waals surface area contributed by atoms with Gasteiger partial charge in [0, 0.05) is 0 Å². The number of hydrogen-bond donors (Lipinski definition) is 1. The topological polar surface area (TPSA) is 49.8 Å². The van der Waals surface area contributed by atoms with Gasteiger partial charge >= 0.3 is 0 Å². The van der Waals surface area contributed by atoms with E-state index < -0.39 is 5.54 Å². The molecule has 0 amide bonds. The van der Waals surface area contributed by atoms with E-state index in [4.69, 9.17) is 11.0 Å². The summed E-state index contributed by atoms with van der Waals surface area (Å²) in [5.74, 6) is 1.36. The highest BCUT2D eigenvalue weighted by molar-refractivity contribution is 5.31. The Morgan fingerprint density at radius 2 is 1.82 bits per heavy atom. The number of nitriles is 1. The van der Waals surface area contributed by atoms with Crippen LogP contribution in [0.5, 0.6) is 0 Å². The standard InChI is InChI=1S/C15H18N2/c16-10-15(17)6-5-13-7-11-3-1-2-4-12(11)8-14(13)9-15/h1-4,13-14H,5-9,17H2/t13-,14?,15+/m1/s1. The van der Waals surface area contributed by atoms with E-state index >= 15 is 0 Å². The third-order valence-electron chi connectivity index (χ3n) is 4.56. The minimum absolute atomic E-state index is 0.562. The molecule has 3 atom stereocenters. The Bertz CT molecular complexity index is 474. The van der Waals surface area contributed by atoms with Crippen molar-refractivity contribution in [3.63, 3.8) is 0 Å². The van der Waals surface area contributed by atoms with Crippen molar-refractivity contribution in [2.45, 2.75) is 37.6 Å². The van der Waals surface area contributed by atoms with Crippen LogP contribution < -0.4 is 5.73 Å². The zero-order chi connectivity index (χ0) is 11.9. The van der Waals surface area contributed by atoms with E-state index in [-0.39, 0.29) is 0 Å². The second kappa shape index (κ2) is 3.85. The summed E-state index contributed by atoms with van der Waals surface area (Å²) in [5, 5.41) is 9.16. The van der Waals surface area contributed by atoms with Gasteiger partial charge in [-0.2, -0.15) is 5.26 Å². The highest BCUT2D eigenvalue weighted by Crippen LogP contribution is 2.42. The van der Waals surface area contributed by atoms with Crippen LogP contribution in [0.25, 0.3) is 0 Å².